The summed E-state index contributed by atoms with van der Waals surface area (Å²) in [6, 6.07) is 4.80. The molecule has 0 spiro atoms. The summed E-state index contributed by atoms with van der Waals surface area (Å²) in [5.74, 6) is 0.491. The van der Waals surface area contributed by atoms with E-state index >= 15 is 0 Å². The van der Waals surface area contributed by atoms with Gasteiger partial charge in [-0.05, 0) is 36.7 Å². The molecule has 0 aliphatic carbocycles. The van der Waals surface area contributed by atoms with Gasteiger partial charge in [0.1, 0.15) is 5.82 Å². The Morgan fingerprint density at radius 3 is 2.62 bits per heavy atom. The van der Waals surface area contributed by atoms with E-state index in [0.717, 1.165) is 12.1 Å². The monoisotopic (exact) mass is 383 g/mol. The third-order valence-corrected chi connectivity index (χ3v) is 4.33. The molecule has 3 aromatic rings. The molecule has 1 saturated heterocycles. The van der Waals surface area contributed by atoms with Crippen molar-refractivity contribution in [1.82, 2.24) is 19.7 Å². The number of aliphatic hydroxyl groups is 1. The van der Waals surface area contributed by atoms with Crippen molar-refractivity contribution < 1.29 is 18.3 Å². The van der Waals surface area contributed by atoms with Crippen molar-refractivity contribution >= 4 is 28.5 Å². The smallest absolute Gasteiger partial charge is 0.386 e. The van der Waals surface area contributed by atoms with Gasteiger partial charge >= 0.3 is 6.18 Å². The fraction of sp³-hybridized carbons (Fsp3) is 0.312. The molecule has 10 heteroatoms. The lowest BCUT2D eigenvalue weighted by Gasteiger charge is -2.45. The van der Waals surface area contributed by atoms with Crippen molar-refractivity contribution in [2.24, 2.45) is 0 Å². The van der Waals surface area contributed by atoms with Crippen LogP contribution in [0.25, 0.3) is 16.7 Å². The van der Waals surface area contributed by atoms with Crippen molar-refractivity contribution in [2.75, 3.05) is 18.0 Å². The molecule has 6 nitrogen and oxygen atoms in total. The Balaban J connectivity index is 1.82. The third kappa shape index (κ3) is 2.86. The molecule has 3 heterocycles. The van der Waals surface area contributed by atoms with Crippen molar-refractivity contribution in [3.63, 3.8) is 0 Å². The van der Waals surface area contributed by atoms with Crippen LogP contribution in [0, 0.1) is 0 Å². The van der Waals surface area contributed by atoms with Crippen LogP contribution in [0.15, 0.2) is 30.5 Å². The van der Waals surface area contributed by atoms with Crippen molar-refractivity contribution in [1.29, 1.82) is 0 Å². The lowest BCUT2D eigenvalue weighted by molar-refractivity contribution is -0.137. The van der Waals surface area contributed by atoms with E-state index in [-0.39, 0.29) is 11.0 Å². The van der Waals surface area contributed by atoms with Crippen LogP contribution >= 0.6 is 11.6 Å². The SMILES string of the molecule is CC1(O)CN(c2nc(Cl)nc3c2cnn3-c2cccc(C(F)(F)F)c2)C1. The molecule has 0 saturated carbocycles. The van der Waals surface area contributed by atoms with E-state index in [0.29, 0.717) is 29.9 Å². The highest BCUT2D eigenvalue weighted by atomic mass is 35.5. The summed E-state index contributed by atoms with van der Waals surface area (Å²) in [6.07, 6.45) is -2.98. The van der Waals surface area contributed by atoms with Gasteiger partial charge in [-0.15, -0.1) is 0 Å². The molecule has 0 unspecified atom stereocenters. The molecule has 2 aromatic heterocycles. The second-order valence-electron chi connectivity index (χ2n) is 6.51. The van der Waals surface area contributed by atoms with Gasteiger partial charge in [-0.1, -0.05) is 6.07 Å². The summed E-state index contributed by atoms with van der Waals surface area (Å²) < 4.78 is 40.2. The van der Waals surface area contributed by atoms with E-state index in [9.17, 15) is 18.3 Å². The zero-order chi connectivity index (χ0) is 18.7. The zero-order valence-electron chi connectivity index (χ0n) is 13.5. The summed E-state index contributed by atoms with van der Waals surface area (Å²) in [5, 5.41) is 14.6. The maximum Gasteiger partial charge on any atom is 0.416 e. The molecular weight excluding hydrogens is 371 g/mol. The number of anilines is 1. The van der Waals surface area contributed by atoms with Gasteiger partial charge in [-0.2, -0.15) is 28.2 Å². The Hall–Kier alpha value is -2.39. The van der Waals surface area contributed by atoms with Gasteiger partial charge in [0.25, 0.3) is 0 Å². The summed E-state index contributed by atoms with van der Waals surface area (Å²) in [4.78, 5) is 10.1. The molecule has 1 aromatic carbocycles. The van der Waals surface area contributed by atoms with Crippen molar-refractivity contribution in [3.05, 3.63) is 41.3 Å². The van der Waals surface area contributed by atoms with E-state index < -0.39 is 17.3 Å². The Kier molecular flexibility index (Phi) is 3.64. The molecule has 1 aliphatic rings. The molecule has 1 N–H and O–H groups in total. The van der Waals surface area contributed by atoms with E-state index in [1.165, 1.54) is 23.0 Å². The predicted octanol–water partition coefficient (Wildman–Crippen LogP) is 3.06. The molecule has 136 valence electrons. The number of hydrogen-bond donors (Lipinski definition) is 1. The molecule has 0 atom stereocenters. The quantitative estimate of drug-likeness (QED) is 0.689. The number of fused-ring (bicyclic) bond motifs is 1. The van der Waals surface area contributed by atoms with E-state index in [1.54, 1.807) is 6.92 Å². The average molecular weight is 384 g/mol. The van der Waals surface area contributed by atoms with Crippen LogP contribution in [0.4, 0.5) is 19.0 Å². The molecule has 0 bridgehead atoms. The molecule has 26 heavy (non-hydrogen) atoms. The maximum absolute atomic E-state index is 13.0. The first-order valence-corrected chi connectivity index (χ1v) is 8.08. The molecule has 0 radical (unpaired) electrons. The molecule has 1 fully saturated rings. The molecular formula is C16H13ClF3N5O. The second-order valence-corrected chi connectivity index (χ2v) is 6.85. The van der Waals surface area contributed by atoms with Crippen LogP contribution in [0.2, 0.25) is 5.28 Å². The largest absolute Gasteiger partial charge is 0.416 e. The summed E-state index contributed by atoms with van der Waals surface area (Å²) in [5.41, 5.74) is -1.09. The first-order valence-electron chi connectivity index (χ1n) is 7.70. The number of halogens is 4. The van der Waals surface area contributed by atoms with Gasteiger partial charge in [0.05, 0.1) is 28.4 Å². The van der Waals surface area contributed by atoms with Crippen LogP contribution in [0.5, 0.6) is 0 Å². The van der Waals surface area contributed by atoms with Gasteiger partial charge in [-0.3, -0.25) is 0 Å². The minimum absolute atomic E-state index is 0.0484. The fourth-order valence-electron chi connectivity index (χ4n) is 3.04. The fourth-order valence-corrected chi connectivity index (χ4v) is 3.20. The first kappa shape index (κ1) is 17.0. The van der Waals surface area contributed by atoms with Crippen LogP contribution in [-0.4, -0.2) is 43.5 Å². The van der Waals surface area contributed by atoms with Gasteiger partial charge < -0.3 is 10.0 Å². The minimum atomic E-state index is -4.46. The standard InChI is InChI=1S/C16H13ClF3N5O/c1-15(26)7-24(8-15)12-11-6-21-25(13(11)23-14(17)22-12)10-4-2-3-9(5-10)16(18,19)20/h2-6,26H,7-8H2,1H3. The number of hydrogen-bond acceptors (Lipinski definition) is 5. The Bertz CT molecular complexity index is 993. The highest BCUT2D eigenvalue weighted by Gasteiger charge is 2.38. The van der Waals surface area contributed by atoms with Crippen molar-refractivity contribution in [2.45, 2.75) is 18.7 Å². The molecule has 1 aliphatic heterocycles. The number of aromatic nitrogens is 4. The second kappa shape index (κ2) is 5.55. The predicted molar refractivity (Wildman–Crippen MR) is 89.5 cm³/mol. The van der Waals surface area contributed by atoms with E-state index in [1.807, 2.05) is 4.90 Å². The van der Waals surface area contributed by atoms with E-state index in [2.05, 4.69) is 15.1 Å². The Morgan fingerprint density at radius 2 is 1.96 bits per heavy atom. The lowest BCUT2D eigenvalue weighted by atomic mass is 9.97. The number of alkyl halides is 3. The van der Waals surface area contributed by atoms with Crippen LogP contribution in [0.3, 0.4) is 0 Å². The first-order chi connectivity index (χ1) is 12.1. The Morgan fingerprint density at radius 1 is 1.23 bits per heavy atom. The van der Waals surface area contributed by atoms with Gasteiger partial charge in [-0.25, -0.2) is 4.68 Å². The van der Waals surface area contributed by atoms with Crippen molar-refractivity contribution in [3.8, 4) is 5.69 Å². The van der Waals surface area contributed by atoms with Crippen LogP contribution < -0.4 is 4.90 Å². The average Bonchev–Trinajstić information content (AvgIpc) is 2.94. The topological polar surface area (TPSA) is 67.1 Å². The molecule has 4 rings (SSSR count). The van der Waals surface area contributed by atoms with Crippen LogP contribution in [-0.2, 0) is 6.18 Å². The van der Waals surface area contributed by atoms with Crippen LogP contribution in [0.1, 0.15) is 12.5 Å². The summed E-state index contributed by atoms with van der Waals surface area (Å²) >= 11 is 6.01. The number of rotatable bonds is 2. The number of β-amino-alcohol motifs (C(OH)–C–C–N with tert-alkyl or cyclic N) is 1. The highest BCUT2D eigenvalue weighted by molar-refractivity contribution is 6.28. The third-order valence-electron chi connectivity index (χ3n) is 4.16. The lowest BCUT2D eigenvalue weighted by Crippen LogP contribution is -2.60. The number of nitrogens with zero attached hydrogens (tertiary/aromatic N) is 5. The zero-order valence-corrected chi connectivity index (χ0v) is 14.3. The van der Waals surface area contributed by atoms with Gasteiger partial charge in [0.15, 0.2) is 5.65 Å². The minimum Gasteiger partial charge on any atom is -0.386 e. The normalized spacial score (nSPS) is 16.8. The van der Waals surface area contributed by atoms with Gasteiger partial charge in [0, 0.05) is 13.1 Å². The van der Waals surface area contributed by atoms with E-state index in [4.69, 9.17) is 11.6 Å². The Labute approximate surface area is 150 Å². The molecule has 0 amide bonds. The maximum atomic E-state index is 13.0. The van der Waals surface area contributed by atoms with Gasteiger partial charge in [0.2, 0.25) is 5.28 Å². The number of benzene rings is 1. The summed E-state index contributed by atoms with van der Waals surface area (Å²) in [7, 11) is 0. The highest BCUT2D eigenvalue weighted by Crippen LogP contribution is 2.34. The summed E-state index contributed by atoms with van der Waals surface area (Å²) in [6.45, 7) is 2.43.